The molecule has 1 aromatic heterocycles. The molecule has 1 aromatic rings. The third-order valence-electron chi connectivity index (χ3n) is 2.40. The molecule has 0 amide bonds. The number of rotatable bonds is 1. The van der Waals surface area contributed by atoms with Crippen molar-refractivity contribution in [3.05, 3.63) is 21.4 Å². The Hall–Kier alpha value is -0.590. The quantitative estimate of drug-likeness (QED) is 0.813. The molecule has 2 heterocycles. The van der Waals surface area contributed by atoms with Gasteiger partial charge in [-0.3, -0.25) is 0 Å². The molecular weight excluding hydrogens is 227 g/mol. The molecule has 0 spiro atoms. The van der Waals surface area contributed by atoms with Gasteiger partial charge in [0.1, 0.15) is 0 Å². The average molecular weight is 237 g/mol. The van der Waals surface area contributed by atoms with Crippen LogP contribution in [0.3, 0.4) is 0 Å². The van der Waals surface area contributed by atoms with Gasteiger partial charge in [0.15, 0.2) is 0 Å². The van der Waals surface area contributed by atoms with Gasteiger partial charge < -0.3 is 10.5 Å². The van der Waals surface area contributed by atoms with Gasteiger partial charge in [-0.2, -0.15) is 13.2 Å². The topological polar surface area (TPSA) is 35.2 Å². The van der Waals surface area contributed by atoms with Gasteiger partial charge in [0.25, 0.3) is 0 Å². The molecule has 0 saturated carbocycles. The van der Waals surface area contributed by atoms with Gasteiger partial charge in [-0.15, -0.1) is 11.3 Å². The Bertz CT molecular complexity index is 361. The second kappa shape index (κ2) is 3.77. The predicted molar refractivity (Wildman–Crippen MR) is 50.8 cm³/mol. The second-order valence-corrected chi connectivity index (χ2v) is 4.29. The predicted octanol–water partition coefficient (Wildman–Crippen LogP) is 2.34. The first kappa shape index (κ1) is 10.9. The molecule has 1 atom stereocenters. The first-order valence-electron chi connectivity index (χ1n) is 4.53. The van der Waals surface area contributed by atoms with Crippen molar-refractivity contribution in [2.75, 3.05) is 13.2 Å². The minimum atomic E-state index is -4.31. The van der Waals surface area contributed by atoms with Gasteiger partial charge >= 0.3 is 6.18 Å². The number of thiophene rings is 1. The summed E-state index contributed by atoms with van der Waals surface area (Å²) >= 11 is 1.14. The third kappa shape index (κ3) is 1.89. The van der Waals surface area contributed by atoms with Crippen molar-refractivity contribution < 1.29 is 17.9 Å². The third-order valence-corrected chi connectivity index (χ3v) is 3.46. The van der Waals surface area contributed by atoms with E-state index in [4.69, 9.17) is 10.5 Å². The van der Waals surface area contributed by atoms with Crippen LogP contribution in [0, 0.1) is 0 Å². The summed E-state index contributed by atoms with van der Waals surface area (Å²) in [5, 5.41) is 1.15. The van der Waals surface area contributed by atoms with Gasteiger partial charge in [-0.1, -0.05) is 0 Å². The van der Waals surface area contributed by atoms with Gasteiger partial charge in [0.05, 0.1) is 18.3 Å². The normalized spacial score (nSPS) is 21.5. The molecule has 0 aliphatic carbocycles. The van der Waals surface area contributed by atoms with Gasteiger partial charge in [0, 0.05) is 28.8 Å². The minimum absolute atomic E-state index is 0.0901. The maximum absolute atomic E-state index is 12.6. The lowest BCUT2D eigenvalue weighted by Crippen LogP contribution is -2.24. The largest absolute Gasteiger partial charge is 0.417 e. The van der Waals surface area contributed by atoms with Crippen LogP contribution in [0.1, 0.15) is 22.1 Å². The summed E-state index contributed by atoms with van der Waals surface area (Å²) in [5.41, 5.74) is 5.07. The van der Waals surface area contributed by atoms with Crippen LogP contribution in [0.5, 0.6) is 0 Å². The first-order valence-corrected chi connectivity index (χ1v) is 5.41. The smallest absolute Gasteiger partial charge is 0.372 e. The zero-order chi connectivity index (χ0) is 11.1. The van der Waals surface area contributed by atoms with Crippen LogP contribution < -0.4 is 5.73 Å². The number of ether oxygens (including phenoxy) is 1. The Morgan fingerprint density at radius 3 is 2.87 bits per heavy atom. The van der Waals surface area contributed by atoms with E-state index in [1.807, 2.05) is 0 Å². The highest BCUT2D eigenvalue weighted by Crippen LogP contribution is 2.42. The summed E-state index contributed by atoms with van der Waals surface area (Å²) in [7, 11) is 0. The van der Waals surface area contributed by atoms with Crippen LogP contribution in [0.25, 0.3) is 0 Å². The number of alkyl halides is 3. The SMILES string of the molecule is NCC1OCCc2scc(C(F)(F)F)c21. The maximum atomic E-state index is 12.6. The Labute approximate surface area is 88.8 Å². The average Bonchev–Trinajstić information content (AvgIpc) is 2.59. The van der Waals surface area contributed by atoms with Crippen molar-refractivity contribution in [1.29, 1.82) is 0 Å². The fraction of sp³-hybridized carbons (Fsp3) is 0.556. The van der Waals surface area contributed by atoms with E-state index >= 15 is 0 Å². The van der Waals surface area contributed by atoms with E-state index in [-0.39, 0.29) is 12.1 Å². The van der Waals surface area contributed by atoms with Crippen LogP contribution in [-0.2, 0) is 17.3 Å². The zero-order valence-electron chi connectivity index (χ0n) is 7.80. The summed E-state index contributed by atoms with van der Waals surface area (Å²) in [6, 6.07) is 0. The minimum Gasteiger partial charge on any atom is -0.372 e. The lowest BCUT2D eigenvalue weighted by atomic mass is 10.0. The molecule has 15 heavy (non-hydrogen) atoms. The highest BCUT2D eigenvalue weighted by Gasteiger charge is 2.39. The molecule has 1 aliphatic rings. The molecule has 2 N–H and O–H groups in total. The fourth-order valence-corrected chi connectivity index (χ4v) is 2.83. The molecule has 0 radical (unpaired) electrons. The van der Waals surface area contributed by atoms with E-state index in [2.05, 4.69) is 0 Å². The summed E-state index contributed by atoms with van der Waals surface area (Å²) in [5.74, 6) is 0. The highest BCUT2D eigenvalue weighted by molar-refractivity contribution is 7.10. The molecule has 2 rings (SSSR count). The standard InChI is InChI=1S/C9H10F3NOS/c10-9(11,12)5-4-15-7-1-2-14-6(3-13)8(5)7/h4,6H,1-3,13H2. The van der Waals surface area contributed by atoms with Crippen LogP contribution >= 0.6 is 11.3 Å². The van der Waals surface area contributed by atoms with Crippen molar-refractivity contribution >= 4 is 11.3 Å². The summed E-state index contributed by atoms with van der Waals surface area (Å²) in [6.07, 6.45) is -4.36. The second-order valence-electron chi connectivity index (χ2n) is 3.33. The molecule has 0 aromatic carbocycles. The number of nitrogens with two attached hydrogens (primary N) is 1. The lowest BCUT2D eigenvalue weighted by molar-refractivity contribution is -0.139. The van der Waals surface area contributed by atoms with E-state index < -0.39 is 17.8 Å². The van der Waals surface area contributed by atoms with Gasteiger partial charge in [-0.05, 0) is 0 Å². The van der Waals surface area contributed by atoms with E-state index in [1.54, 1.807) is 0 Å². The molecule has 0 saturated heterocycles. The number of halogens is 3. The molecule has 2 nitrogen and oxygen atoms in total. The Kier molecular flexibility index (Phi) is 2.74. The molecular formula is C9H10F3NOS. The lowest BCUT2D eigenvalue weighted by Gasteiger charge is -2.24. The van der Waals surface area contributed by atoms with Crippen molar-refractivity contribution in [2.45, 2.75) is 18.7 Å². The summed E-state index contributed by atoms with van der Waals surface area (Å²) in [4.78, 5) is 0.754. The van der Waals surface area contributed by atoms with Crippen molar-refractivity contribution in [3.8, 4) is 0 Å². The Morgan fingerprint density at radius 1 is 1.53 bits per heavy atom. The molecule has 1 unspecified atom stereocenters. The van der Waals surface area contributed by atoms with Crippen LogP contribution in [0.15, 0.2) is 5.38 Å². The summed E-state index contributed by atoms with van der Waals surface area (Å²) < 4.78 is 43.1. The van der Waals surface area contributed by atoms with Gasteiger partial charge in [-0.25, -0.2) is 0 Å². The maximum Gasteiger partial charge on any atom is 0.417 e. The van der Waals surface area contributed by atoms with E-state index in [1.165, 1.54) is 0 Å². The number of hydrogen-bond donors (Lipinski definition) is 1. The summed E-state index contributed by atoms with van der Waals surface area (Å²) in [6.45, 7) is 0.541. The zero-order valence-corrected chi connectivity index (χ0v) is 8.62. The first-order chi connectivity index (χ1) is 7.04. The van der Waals surface area contributed by atoms with Crippen LogP contribution in [-0.4, -0.2) is 13.2 Å². The number of fused-ring (bicyclic) bond motifs is 1. The fourth-order valence-electron chi connectivity index (χ4n) is 1.74. The van der Waals surface area contributed by atoms with Crippen molar-refractivity contribution in [2.24, 2.45) is 5.73 Å². The van der Waals surface area contributed by atoms with Crippen LogP contribution in [0.2, 0.25) is 0 Å². The number of hydrogen-bond acceptors (Lipinski definition) is 3. The molecule has 84 valence electrons. The van der Waals surface area contributed by atoms with Crippen molar-refractivity contribution in [3.63, 3.8) is 0 Å². The molecule has 0 bridgehead atoms. The van der Waals surface area contributed by atoms with Gasteiger partial charge in [0.2, 0.25) is 0 Å². The highest BCUT2D eigenvalue weighted by atomic mass is 32.1. The Morgan fingerprint density at radius 2 is 2.27 bits per heavy atom. The van der Waals surface area contributed by atoms with E-state index in [0.717, 1.165) is 21.6 Å². The van der Waals surface area contributed by atoms with E-state index in [0.29, 0.717) is 13.0 Å². The molecule has 0 fully saturated rings. The van der Waals surface area contributed by atoms with Crippen molar-refractivity contribution in [1.82, 2.24) is 0 Å². The molecule has 1 aliphatic heterocycles. The van der Waals surface area contributed by atoms with Crippen LogP contribution in [0.4, 0.5) is 13.2 Å². The monoisotopic (exact) mass is 237 g/mol. The van der Waals surface area contributed by atoms with E-state index in [9.17, 15) is 13.2 Å². The molecule has 6 heteroatoms. The Balaban J connectivity index is 2.47.